The van der Waals surface area contributed by atoms with E-state index in [0.717, 1.165) is 12.1 Å². The lowest BCUT2D eigenvalue weighted by atomic mass is 10.0. The maximum atomic E-state index is 14.1. The van der Waals surface area contributed by atoms with Crippen molar-refractivity contribution >= 4 is 18.0 Å². The predicted octanol–water partition coefficient (Wildman–Crippen LogP) is 1.96. The van der Waals surface area contributed by atoms with Crippen LogP contribution >= 0.6 is 0 Å². The van der Waals surface area contributed by atoms with Crippen LogP contribution in [0.1, 0.15) is 29.3 Å². The van der Waals surface area contributed by atoms with Crippen molar-refractivity contribution in [2.75, 3.05) is 13.7 Å². The number of amides is 1. The lowest BCUT2D eigenvalue weighted by Gasteiger charge is -2.08. The summed E-state index contributed by atoms with van der Waals surface area (Å²) in [7, 11) is 1.31. The number of halogens is 2. The van der Waals surface area contributed by atoms with Crippen molar-refractivity contribution in [1.82, 2.24) is 5.32 Å². The molecular formula is C14H15F2NO5. The molecule has 1 rings (SSSR count). The highest BCUT2D eigenvalue weighted by Gasteiger charge is 2.19. The molecule has 22 heavy (non-hydrogen) atoms. The Morgan fingerprint density at radius 3 is 2.50 bits per heavy atom. The summed E-state index contributed by atoms with van der Waals surface area (Å²) in [6.45, 7) is 1.56. The van der Waals surface area contributed by atoms with Crippen molar-refractivity contribution in [3.05, 3.63) is 34.9 Å². The van der Waals surface area contributed by atoms with Crippen LogP contribution in [0.25, 0.3) is 0 Å². The molecule has 0 aliphatic carbocycles. The molecule has 120 valence electrons. The molecule has 0 radical (unpaired) electrons. The van der Waals surface area contributed by atoms with Gasteiger partial charge >= 0.3 is 12.1 Å². The van der Waals surface area contributed by atoms with Gasteiger partial charge in [0.05, 0.1) is 18.6 Å². The number of rotatable bonds is 5. The van der Waals surface area contributed by atoms with Gasteiger partial charge in [0.1, 0.15) is 11.6 Å². The third-order valence-corrected chi connectivity index (χ3v) is 2.70. The summed E-state index contributed by atoms with van der Waals surface area (Å²) in [6.07, 6.45) is -1.97. The minimum absolute atomic E-state index is 0.0313. The van der Waals surface area contributed by atoms with E-state index in [1.165, 1.54) is 14.0 Å². The van der Waals surface area contributed by atoms with E-state index in [1.807, 2.05) is 0 Å². The van der Waals surface area contributed by atoms with E-state index in [-0.39, 0.29) is 18.6 Å². The van der Waals surface area contributed by atoms with Gasteiger partial charge in [0.25, 0.3) is 5.91 Å². The third-order valence-electron chi connectivity index (χ3n) is 2.70. The zero-order valence-corrected chi connectivity index (χ0v) is 12.1. The molecule has 1 aromatic rings. The summed E-state index contributed by atoms with van der Waals surface area (Å²) in [5.74, 6) is -3.65. The fraction of sp³-hybridized carbons (Fsp3) is 0.357. The van der Waals surface area contributed by atoms with Crippen molar-refractivity contribution in [2.45, 2.75) is 19.8 Å². The monoisotopic (exact) mass is 315 g/mol. The second-order valence-electron chi connectivity index (χ2n) is 4.12. The lowest BCUT2D eigenvalue weighted by Crippen LogP contribution is -2.20. The summed E-state index contributed by atoms with van der Waals surface area (Å²) >= 11 is 0. The summed E-state index contributed by atoms with van der Waals surface area (Å²) in [5.41, 5.74) is -0.764. The molecule has 0 saturated carbocycles. The molecular weight excluding hydrogens is 300 g/mol. The predicted molar refractivity (Wildman–Crippen MR) is 71.2 cm³/mol. The quantitative estimate of drug-likeness (QED) is 0.663. The Morgan fingerprint density at radius 2 is 1.91 bits per heavy atom. The molecule has 0 aromatic heterocycles. The van der Waals surface area contributed by atoms with Crippen molar-refractivity contribution in [2.24, 2.45) is 0 Å². The molecule has 0 aliphatic rings. The van der Waals surface area contributed by atoms with Crippen molar-refractivity contribution in [3.63, 3.8) is 0 Å². The highest BCUT2D eigenvalue weighted by molar-refractivity contribution is 5.94. The van der Waals surface area contributed by atoms with E-state index in [4.69, 9.17) is 0 Å². The molecule has 0 bridgehead atoms. The molecule has 1 aromatic carbocycles. The molecule has 1 N–H and O–H groups in total. The van der Waals surface area contributed by atoms with Crippen LogP contribution in [-0.4, -0.2) is 31.7 Å². The van der Waals surface area contributed by atoms with Crippen LogP contribution in [-0.2, 0) is 20.7 Å². The summed E-state index contributed by atoms with van der Waals surface area (Å²) < 4.78 is 36.3. The van der Waals surface area contributed by atoms with E-state index in [9.17, 15) is 23.2 Å². The van der Waals surface area contributed by atoms with E-state index >= 15 is 0 Å². The van der Waals surface area contributed by atoms with Gasteiger partial charge in [0, 0.05) is 12.6 Å². The Labute approximate surface area is 125 Å². The van der Waals surface area contributed by atoms with Crippen LogP contribution in [0.15, 0.2) is 12.1 Å². The normalized spacial score (nSPS) is 10.0. The van der Waals surface area contributed by atoms with Gasteiger partial charge in [0.15, 0.2) is 0 Å². The van der Waals surface area contributed by atoms with Crippen LogP contribution in [0.4, 0.5) is 13.6 Å². The maximum absolute atomic E-state index is 14.1. The zero-order chi connectivity index (χ0) is 16.7. The number of esters is 1. The Hall–Kier alpha value is -2.51. The second kappa shape index (κ2) is 8.06. The van der Waals surface area contributed by atoms with Crippen molar-refractivity contribution in [1.29, 1.82) is 0 Å². The standard InChI is InChI=1S/C14H15F2NO5/c1-3-21-14(20)22-11(18)7-5-8-10(15)6-4-9(12(8)16)13(19)17-2/h4,6H,3,5,7H2,1-2H3,(H,17,19). The first kappa shape index (κ1) is 17.5. The minimum atomic E-state index is -1.17. The number of hydrogen-bond acceptors (Lipinski definition) is 5. The van der Waals surface area contributed by atoms with Gasteiger partial charge in [-0.3, -0.25) is 9.59 Å². The average molecular weight is 315 g/mol. The maximum Gasteiger partial charge on any atom is 0.516 e. The number of hydrogen-bond donors (Lipinski definition) is 1. The van der Waals surface area contributed by atoms with Gasteiger partial charge in [-0.25, -0.2) is 13.6 Å². The van der Waals surface area contributed by atoms with Crippen LogP contribution < -0.4 is 5.32 Å². The molecule has 8 heteroatoms. The Morgan fingerprint density at radius 1 is 1.23 bits per heavy atom. The smallest absolute Gasteiger partial charge is 0.434 e. The van der Waals surface area contributed by atoms with Crippen LogP contribution in [0.2, 0.25) is 0 Å². The van der Waals surface area contributed by atoms with Gasteiger partial charge in [-0.05, 0) is 25.5 Å². The van der Waals surface area contributed by atoms with Crippen LogP contribution in [0.3, 0.4) is 0 Å². The number of ether oxygens (including phenoxy) is 2. The minimum Gasteiger partial charge on any atom is -0.434 e. The van der Waals surface area contributed by atoms with Gasteiger partial charge < -0.3 is 14.8 Å². The third kappa shape index (κ3) is 4.51. The number of carbonyl (C=O) groups excluding carboxylic acids is 3. The number of benzene rings is 1. The van der Waals surface area contributed by atoms with Crippen LogP contribution in [0, 0.1) is 11.6 Å². The first-order valence-corrected chi connectivity index (χ1v) is 6.47. The fourth-order valence-electron chi connectivity index (χ4n) is 1.66. The Kier molecular flexibility index (Phi) is 6.43. The van der Waals surface area contributed by atoms with Crippen molar-refractivity contribution in [3.8, 4) is 0 Å². The average Bonchev–Trinajstić information content (AvgIpc) is 2.46. The molecule has 0 fully saturated rings. The number of nitrogens with one attached hydrogen (secondary N) is 1. The Balaban J connectivity index is 2.79. The second-order valence-corrected chi connectivity index (χ2v) is 4.12. The highest BCUT2D eigenvalue weighted by Crippen LogP contribution is 2.19. The molecule has 1 amide bonds. The summed E-state index contributed by atoms with van der Waals surface area (Å²) in [5, 5.41) is 2.22. The van der Waals surface area contributed by atoms with Crippen molar-refractivity contribution < 1.29 is 32.6 Å². The lowest BCUT2D eigenvalue weighted by molar-refractivity contribution is -0.139. The largest absolute Gasteiger partial charge is 0.516 e. The van der Waals surface area contributed by atoms with Crippen LogP contribution in [0.5, 0.6) is 0 Å². The van der Waals surface area contributed by atoms with E-state index < -0.39 is 41.7 Å². The summed E-state index contributed by atoms with van der Waals surface area (Å²) in [4.78, 5) is 33.7. The van der Waals surface area contributed by atoms with Gasteiger partial charge in [-0.2, -0.15) is 0 Å². The molecule has 0 spiro atoms. The summed E-state index contributed by atoms with van der Waals surface area (Å²) in [6, 6.07) is 1.93. The van der Waals surface area contributed by atoms with E-state index in [1.54, 1.807) is 0 Å². The highest BCUT2D eigenvalue weighted by atomic mass is 19.1. The molecule has 0 aliphatic heterocycles. The molecule has 0 heterocycles. The van der Waals surface area contributed by atoms with Gasteiger partial charge in [-0.1, -0.05) is 0 Å². The van der Waals surface area contributed by atoms with E-state index in [2.05, 4.69) is 14.8 Å². The Bertz CT molecular complexity index is 589. The van der Waals surface area contributed by atoms with E-state index in [0.29, 0.717) is 0 Å². The number of carbonyl (C=O) groups is 3. The molecule has 6 nitrogen and oxygen atoms in total. The zero-order valence-electron chi connectivity index (χ0n) is 12.1. The first-order valence-electron chi connectivity index (χ1n) is 6.47. The SMILES string of the molecule is CCOC(=O)OC(=O)CCc1c(F)ccc(C(=O)NC)c1F. The van der Waals surface area contributed by atoms with Gasteiger partial charge in [0.2, 0.25) is 0 Å². The van der Waals surface area contributed by atoms with Gasteiger partial charge in [-0.15, -0.1) is 0 Å². The first-order chi connectivity index (χ1) is 10.4. The topological polar surface area (TPSA) is 81.7 Å². The molecule has 0 unspecified atom stereocenters. The molecule has 0 atom stereocenters. The molecule has 0 saturated heterocycles. The fourth-order valence-corrected chi connectivity index (χ4v) is 1.66.